The van der Waals surface area contributed by atoms with Crippen LogP contribution in [0.15, 0.2) is 18.3 Å². The molecule has 2 heterocycles. The molecule has 1 aromatic heterocycles. The van der Waals surface area contributed by atoms with Crippen LogP contribution in [0.25, 0.3) is 10.9 Å². The minimum absolute atomic E-state index is 0.00851. The lowest BCUT2D eigenvalue weighted by Crippen LogP contribution is -2.45. The third-order valence-corrected chi connectivity index (χ3v) is 5.84. The fourth-order valence-electron chi connectivity index (χ4n) is 3.89. The topological polar surface area (TPSA) is 95.2 Å². The van der Waals surface area contributed by atoms with Crippen LogP contribution >= 0.6 is 11.6 Å². The highest BCUT2D eigenvalue weighted by molar-refractivity contribution is 6.31. The molecule has 0 aliphatic carbocycles. The maximum absolute atomic E-state index is 11.8. The van der Waals surface area contributed by atoms with E-state index in [-0.39, 0.29) is 17.9 Å². The molecular formula is C18H25ClN4O2. The number of likely N-dealkylation sites (tertiary alicyclic amines) is 1. The number of halogens is 1. The SMILES string of the molecule is CC(C)(C1CCN(C(=O)CN)CC1)C(O)c1cc(Cl)cc2cn[nH]c12. The number of piperidine rings is 1. The zero-order valence-corrected chi connectivity index (χ0v) is 15.4. The van der Waals surface area contributed by atoms with E-state index in [0.29, 0.717) is 24.0 Å². The predicted octanol–water partition coefficient (Wildman–Crippen LogP) is 2.47. The van der Waals surface area contributed by atoms with Crippen molar-refractivity contribution in [2.45, 2.75) is 32.8 Å². The first-order valence-electron chi connectivity index (χ1n) is 8.63. The molecule has 25 heavy (non-hydrogen) atoms. The van der Waals surface area contributed by atoms with Gasteiger partial charge in [0.25, 0.3) is 0 Å². The summed E-state index contributed by atoms with van der Waals surface area (Å²) in [5.74, 6) is 0.284. The van der Waals surface area contributed by atoms with Gasteiger partial charge in [0.2, 0.25) is 5.91 Å². The minimum Gasteiger partial charge on any atom is -0.388 e. The maximum atomic E-state index is 11.8. The van der Waals surface area contributed by atoms with E-state index in [9.17, 15) is 9.90 Å². The summed E-state index contributed by atoms with van der Waals surface area (Å²) in [4.78, 5) is 13.6. The molecule has 3 rings (SSSR count). The molecule has 136 valence electrons. The number of rotatable bonds is 4. The number of carbonyl (C=O) groups excluding carboxylic acids is 1. The van der Waals surface area contributed by atoms with Crippen molar-refractivity contribution in [3.05, 3.63) is 28.9 Å². The van der Waals surface area contributed by atoms with Gasteiger partial charge in [-0.2, -0.15) is 5.10 Å². The van der Waals surface area contributed by atoms with Gasteiger partial charge in [-0.1, -0.05) is 25.4 Å². The van der Waals surface area contributed by atoms with Crippen molar-refractivity contribution in [2.24, 2.45) is 17.1 Å². The number of benzene rings is 1. The van der Waals surface area contributed by atoms with Gasteiger partial charge in [-0.25, -0.2) is 0 Å². The molecule has 0 bridgehead atoms. The Balaban J connectivity index is 1.82. The Morgan fingerprint density at radius 2 is 2.16 bits per heavy atom. The summed E-state index contributed by atoms with van der Waals surface area (Å²) in [5, 5.41) is 19.7. The Labute approximate surface area is 152 Å². The number of H-pyrrole nitrogens is 1. The molecule has 2 aromatic rings. The van der Waals surface area contributed by atoms with Crippen molar-refractivity contribution >= 4 is 28.4 Å². The second kappa shape index (κ2) is 6.94. The van der Waals surface area contributed by atoms with E-state index in [1.54, 1.807) is 6.20 Å². The summed E-state index contributed by atoms with van der Waals surface area (Å²) in [6.45, 7) is 5.58. The van der Waals surface area contributed by atoms with E-state index in [0.717, 1.165) is 29.3 Å². The minimum atomic E-state index is -0.684. The molecule has 1 fully saturated rings. The highest BCUT2D eigenvalue weighted by Gasteiger charge is 2.40. The van der Waals surface area contributed by atoms with Crippen LogP contribution in [0.2, 0.25) is 5.02 Å². The summed E-state index contributed by atoms with van der Waals surface area (Å²) in [5.41, 5.74) is 6.68. The van der Waals surface area contributed by atoms with Gasteiger partial charge in [0.15, 0.2) is 0 Å². The van der Waals surface area contributed by atoms with E-state index in [2.05, 4.69) is 24.0 Å². The van der Waals surface area contributed by atoms with Crippen molar-refractivity contribution in [2.75, 3.05) is 19.6 Å². The van der Waals surface area contributed by atoms with Crippen molar-refractivity contribution in [1.29, 1.82) is 0 Å². The van der Waals surface area contributed by atoms with Crippen LogP contribution in [-0.4, -0.2) is 45.7 Å². The van der Waals surface area contributed by atoms with Gasteiger partial charge in [-0.3, -0.25) is 9.89 Å². The fourth-order valence-corrected chi connectivity index (χ4v) is 4.12. The number of aromatic nitrogens is 2. The largest absolute Gasteiger partial charge is 0.388 e. The molecule has 1 unspecified atom stereocenters. The Morgan fingerprint density at radius 1 is 1.48 bits per heavy atom. The molecule has 1 atom stereocenters. The van der Waals surface area contributed by atoms with Crippen molar-refractivity contribution in [3.8, 4) is 0 Å². The molecule has 6 nitrogen and oxygen atoms in total. The number of aliphatic hydroxyl groups excluding tert-OH is 1. The Kier molecular flexibility index (Phi) is 5.04. The Bertz CT molecular complexity index is 766. The number of nitrogens with zero attached hydrogens (tertiary/aromatic N) is 2. The molecule has 4 N–H and O–H groups in total. The highest BCUT2D eigenvalue weighted by atomic mass is 35.5. The number of aliphatic hydroxyl groups is 1. The van der Waals surface area contributed by atoms with Crippen LogP contribution in [0.5, 0.6) is 0 Å². The second-order valence-corrected chi connectivity index (χ2v) is 7.85. The lowest BCUT2D eigenvalue weighted by atomic mass is 9.68. The Morgan fingerprint density at radius 3 is 2.80 bits per heavy atom. The summed E-state index contributed by atoms with van der Waals surface area (Å²) in [6, 6.07) is 3.64. The highest BCUT2D eigenvalue weighted by Crippen LogP contribution is 2.46. The maximum Gasteiger partial charge on any atom is 0.236 e. The third-order valence-electron chi connectivity index (χ3n) is 5.62. The monoisotopic (exact) mass is 364 g/mol. The van der Waals surface area contributed by atoms with Gasteiger partial charge in [-0.15, -0.1) is 0 Å². The van der Waals surface area contributed by atoms with Gasteiger partial charge in [0.05, 0.1) is 24.4 Å². The molecule has 1 saturated heterocycles. The number of nitrogens with two attached hydrogens (primary N) is 1. The van der Waals surface area contributed by atoms with Gasteiger partial charge in [0.1, 0.15) is 0 Å². The van der Waals surface area contributed by atoms with Crippen molar-refractivity contribution in [1.82, 2.24) is 15.1 Å². The smallest absolute Gasteiger partial charge is 0.236 e. The lowest BCUT2D eigenvalue weighted by molar-refractivity contribution is -0.132. The molecular weight excluding hydrogens is 340 g/mol. The number of hydrogen-bond donors (Lipinski definition) is 3. The zero-order valence-electron chi connectivity index (χ0n) is 14.6. The zero-order chi connectivity index (χ0) is 18.2. The molecule has 7 heteroatoms. The van der Waals surface area contributed by atoms with Crippen LogP contribution in [-0.2, 0) is 4.79 Å². The number of nitrogens with one attached hydrogen (secondary N) is 1. The first kappa shape index (κ1) is 18.2. The average Bonchev–Trinajstić information content (AvgIpc) is 3.08. The number of hydrogen-bond acceptors (Lipinski definition) is 4. The average molecular weight is 365 g/mol. The van der Waals surface area contributed by atoms with Crippen LogP contribution in [0.3, 0.4) is 0 Å². The van der Waals surface area contributed by atoms with E-state index >= 15 is 0 Å². The molecule has 1 aromatic carbocycles. The van der Waals surface area contributed by atoms with Crippen LogP contribution in [0.1, 0.15) is 38.4 Å². The first-order chi connectivity index (χ1) is 11.8. The molecule has 1 aliphatic rings. The van der Waals surface area contributed by atoms with Gasteiger partial charge >= 0.3 is 0 Å². The van der Waals surface area contributed by atoms with E-state index < -0.39 is 6.10 Å². The van der Waals surface area contributed by atoms with Gasteiger partial charge < -0.3 is 15.7 Å². The predicted molar refractivity (Wildman–Crippen MR) is 98.2 cm³/mol. The number of amides is 1. The summed E-state index contributed by atoms with van der Waals surface area (Å²) < 4.78 is 0. The van der Waals surface area contributed by atoms with Gasteiger partial charge in [0, 0.05) is 29.1 Å². The summed E-state index contributed by atoms with van der Waals surface area (Å²) in [6.07, 6.45) is 2.72. The van der Waals surface area contributed by atoms with E-state index in [4.69, 9.17) is 17.3 Å². The first-order valence-corrected chi connectivity index (χ1v) is 9.00. The molecule has 1 amide bonds. The normalized spacial score (nSPS) is 17.9. The van der Waals surface area contributed by atoms with Gasteiger partial charge in [-0.05, 0) is 36.3 Å². The third kappa shape index (κ3) is 3.38. The molecule has 1 aliphatic heterocycles. The van der Waals surface area contributed by atoms with Crippen molar-refractivity contribution < 1.29 is 9.90 Å². The number of carbonyl (C=O) groups is 1. The van der Waals surface area contributed by atoms with Crippen LogP contribution in [0, 0.1) is 11.3 Å². The standard InChI is InChI=1S/C18H25ClN4O2/c1-18(2,12-3-5-23(6-4-12)15(24)9-20)17(25)14-8-13(19)7-11-10-21-22-16(11)14/h7-8,10,12,17,25H,3-6,9,20H2,1-2H3,(H,21,22). The fraction of sp³-hybridized carbons (Fsp3) is 0.556. The Hall–Kier alpha value is -1.63. The number of fused-ring (bicyclic) bond motifs is 1. The van der Waals surface area contributed by atoms with E-state index in [1.807, 2.05) is 17.0 Å². The quantitative estimate of drug-likeness (QED) is 0.776. The lowest BCUT2D eigenvalue weighted by Gasteiger charge is -2.43. The molecule has 0 radical (unpaired) electrons. The summed E-state index contributed by atoms with van der Waals surface area (Å²) >= 11 is 6.22. The summed E-state index contributed by atoms with van der Waals surface area (Å²) in [7, 11) is 0. The van der Waals surface area contributed by atoms with Crippen molar-refractivity contribution in [3.63, 3.8) is 0 Å². The molecule has 0 spiro atoms. The molecule has 0 saturated carbocycles. The van der Waals surface area contributed by atoms with Crippen LogP contribution < -0.4 is 5.73 Å². The van der Waals surface area contributed by atoms with E-state index in [1.165, 1.54) is 0 Å². The number of aromatic amines is 1. The second-order valence-electron chi connectivity index (χ2n) is 7.41. The van der Waals surface area contributed by atoms with Crippen LogP contribution in [0.4, 0.5) is 0 Å².